The van der Waals surface area contributed by atoms with E-state index in [2.05, 4.69) is 19.9 Å². The van der Waals surface area contributed by atoms with Crippen molar-refractivity contribution in [2.75, 3.05) is 0 Å². The lowest BCUT2D eigenvalue weighted by Crippen LogP contribution is -2.01. The Labute approximate surface area is 168 Å². The van der Waals surface area contributed by atoms with Crippen molar-refractivity contribution in [3.05, 3.63) is 73.1 Å². The van der Waals surface area contributed by atoms with Crippen LogP contribution in [0.3, 0.4) is 0 Å². The molecule has 0 aliphatic carbocycles. The van der Waals surface area contributed by atoms with E-state index in [4.69, 9.17) is 0 Å². The molecule has 0 bridgehead atoms. The molecule has 0 saturated heterocycles. The molecule has 0 aliphatic heterocycles. The number of pyridine rings is 1. The minimum atomic E-state index is -2.71. The minimum absolute atomic E-state index is 0.186. The number of aromatic nitrogens is 5. The molecule has 29 heavy (non-hydrogen) atoms. The van der Waals surface area contributed by atoms with Gasteiger partial charge >= 0.3 is 6.55 Å². The molecule has 2 aromatic carbocycles. The zero-order valence-electron chi connectivity index (χ0n) is 14.9. The second-order valence-corrected chi connectivity index (χ2v) is 7.19. The Balaban J connectivity index is 1.70. The summed E-state index contributed by atoms with van der Waals surface area (Å²) in [5.74, 6) is 0.508. The van der Waals surface area contributed by atoms with Crippen molar-refractivity contribution < 1.29 is 8.78 Å². The first-order valence-corrected chi connectivity index (χ1v) is 9.62. The number of hydrogen-bond acceptors (Lipinski definition) is 5. The van der Waals surface area contributed by atoms with Gasteiger partial charge in [-0.1, -0.05) is 30.3 Å². The summed E-state index contributed by atoms with van der Waals surface area (Å²) in [6.45, 7) is -2.71. The van der Waals surface area contributed by atoms with Gasteiger partial charge in [0.2, 0.25) is 0 Å². The molecule has 0 fully saturated rings. The van der Waals surface area contributed by atoms with Crippen molar-refractivity contribution >= 4 is 33.7 Å². The Hall–Kier alpha value is -3.39. The first-order valence-electron chi connectivity index (χ1n) is 8.81. The molecule has 0 aliphatic rings. The number of halogens is 2. The molecule has 5 nitrogen and oxygen atoms in total. The van der Waals surface area contributed by atoms with Gasteiger partial charge in [0.15, 0.2) is 11.0 Å². The van der Waals surface area contributed by atoms with Crippen molar-refractivity contribution in [1.29, 1.82) is 0 Å². The third-order valence-corrected chi connectivity index (χ3v) is 5.43. The third kappa shape index (κ3) is 3.21. The number of rotatable bonds is 4. The van der Waals surface area contributed by atoms with Crippen molar-refractivity contribution in [3.63, 3.8) is 0 Å². The van der Waals surface area contributed by atoms with E-state index in [0.717, 1.165) is 32.8 Å². The number of para-hydroxylation sites is 3. The monoisotopic (exact) mass is 405 g/mol. The fourth-order valence-corrected chi connectivity index (χ4v) is 4.13. The zero-order chi connectivity index (χ0) is 19.8. The first kappa shape index (κ1) is 17.7. The standard InChI is InChI=1S/C21H13F2N5S/c22-20(23)28-17-8-4-3-7-16(17)26-21(28)29-19-14-5-1-2-6-15(14)25-18(27-19)13-9-11-24-12-10-13/h1-12,20H. The van der Waals surface area contributed by atoms with E-state index in [1.807, 2.05) is 36.4 Å². The maximum absolute atomic E-state index is 13.8. The summed E-state index contributed by atoms with van der Waals surface area (Å²) < 4.78 is 28.6. The molecule has 0 unspecified atom stereocenters. The summed E-state index contributed by atoms with van der Waals surface area (Å²) in [6, 6.07) is 18.0. The highest BCUT2D eigenvalue weighted by atomic mass is 32.2. The van der Waals surface area contributed by atoms with E-state index in [9.17, 15) is 8.78 Å². The molecule has 8 heteroatoms. The van der Waals surface area contributed by atoms with Gasteiger partial charge in [-0.15, -0.1) is 0 Å². The number of imidazole rings is 1. The fraction of sp³-hybridized carbons (Fsp3) is 0.0476. The lowest BCUT2D eigenvalue weighted by atomic mass is 10.2. The highest BCUT2D eigenvalue weighted by Gasteiger charge is 2.20. The maximum atomic E-state index is 13.8. The van der Waals surface area contributed by atoms with E-state index in [1.165, 1.54) is 0 Å². The third-order valence-electron chi connectivity index (χ3n) is 4.45. The maximum Gasteiger partial charge on any atom is 0.321 e. The molecule has 0 saturated carbocycles. The SMILES string of the molecule is FC(F)n1c(Sc2nc(-c3ccncc3)nc3ccccc23)nc2ccccc21. The van der Waals surface area contributed by atoms with Crippen LogP contribution in [-0.2, 0) is 0 Å². The average Bonchev–Trinajstić information content (AvgIpc) is 3.12. The lowest BCUT2D eigenvalue weighted by Gasteiger charge is -2.10. The van der Waals surface area contributed by atoms with Crippen LogP contribution in [0.15, 0.2) is 83.2 Å². The molecular weight excluding hydrogens is 392 g/mol. The van der Waals surface area contributed by atoms with E-state index in [-0.39, 0.29) is 5.16 Å². The predicted octanol–water partition coefficient (Wildman–Crippen LogP) is 5.59. The van der Waals surface area contributed by atoms with Crippen LogP contribution in [0.4, 0.5) is 8.78 Å². The topological polar surface area (TPSA) is 56.5 Å². The van der Waals surface area contributed by atoms with Crippen LogP contribution in [0.1, 0.15) is 6.55 Å². The summed E-state index contributed by atoms with van der Waals surface area (Å²) in [4.78, 5) is 17.7. The van der Waals surface area contributed by atoms with Gasteiger partial charge in [-0.05, 0) is 42.1 Å². The summed E-state index contributed by atoms with van der Waals surface area (Å²) >= 11 is 1.11. The zero-order valence-corrected chi connectivity index (χ0v) is 15.7. The molecule has 3 heterocycles. The molecule has 0 amide bonds. The Kier molecular flexibility index (Phi) is 4.40. The molecule has 5 rings (SSSR count). The second-order valence-electron chi connectivity index (χ2n) is 6.24. The van der Waals surface area contributed by atoms with E-state index < -0.39 is 6.55 Å². The minimum Gasteiger partial charge on any atom is -0.265 e. The molecule has 142 valence electrons. The van der Waals surface area contributed by atoms with Gasteiger partial charge < -0.3 is 0 Å². The van der Waals surface area contributed by atoms with Gasteiger partial charge in [-0.3, -0.25) is 9.55 Å². The van der Waals surface area contributed by atoms with E-state index >= 15 is 0 Å². The predicted molar refractivity (Wildman–Crippen MR) is 108 cm³/mol. The highest BCUT2D eigenvalue weighted by molar-refractivity contribution is 7.99. The fourth-order valence-electron chi connectivity index (χ4n) is 3.12. The summed E-state index contributed by atoms with van der Waals surface area (Å²) in [5, 5.41) is 1.54. The lowest BCUT2D eigenvalue weighted by molar-refractivity contribution is 0.0656. The van der Waals surface area contributed by atoms with Crippen LogP contribution in [0.2, 0.25) is 0 Å². The van der Waals surface area contributed by atoms with Gasteiger partial charge in [0.05, 0.1) is 16.6 Å². The number of nitrogens with zero attached hydrogens (tertiary/aromatic N) is 5. The van der Waals surface area contributed by atoms with Gasteiger partial charge in [0, 0.05) is 23.3 Å². The smallest absolute Gasteiger partial charge is 0.265 e. The van der Waals surface area contributed by atoms with Gasteiger partial charge in [0.1, 0.15) is 5.03 Å². The number of benzene rings is 2. The Morgan fingerprint density at radius 1 is 0.793 bits per heavy atom. The molecule has 0 N–H and O–H groups in total. The number of hydrogen-bond donors (Lipinski definition) is 0. The van der Waals surface area contributed by atoms with Gasteiger partial charge in [0.25, 0.3) is 0 Å². The Bertz CT molecular complexity index is 1320. The largest absolute Gasteiger partial charge is 0.321 e. The first-order chi connectivity index (χ1) is 14.2. The normalized spacial score (nSPS) is 11.6. The summed E-state index contributed by atoms with van der Waals surface area (Å²) in [7, 11) is 0. The molecule has 0 radical (unpaired) electrons. The van der Waals surface area contributed by atoms with Crippen LogP contribution >= 0.6 is 11.8 Å². The number of alkyl halides is 2. The van der Waals surface area contributed by atoms with Crippen molar-refractivity contribution in [2.24, 2.45) is 0 Å². The van der Waals surface area contributed by atoms with Gasteiger partial charge in [-0.2, -0.15) is 8.78 Å². The van der Waals surface area contributed by atoms with E-state index in [1.54, 1.807) is 36.7 Å². The quantitative estimate of drug-likeness (QED) is 0.365. The van der Waals surface area contributed by atoms with Crippen molar-refractivity contribution in [1.82, 2.24) is 24.5 Å². The van der Waals surface area contributed by atoms with Crippen LogP contribution < -0.4 is 0 Å². The van der Waals surface area contributed by atoms with Crippen molar-refractivity contribution in [3.8, 4) is 11.4 Å². The molecular formula is C21H13F2N5S. The highest BCUT2D eigenvalue weighted by Crippen LogP contribution is 2.36. The van der Waals surface area contributed by atoms with Gasteiger partial charge in [-0.25, -0.2) is 15.0 Å². The average molecular weight is 405 g/mol. The second kappa shape index (κ2) is 7.21. The summed E-state index contributed by atoms with van der Waals surface area (Å²) in [5.41, 5.74) is 2.44. The van der Waals surface area contributed by atoms with Crippen LogP contribution in [-0.4, -0.2) is 24.5 Å². The van der Waals surface area contributed by atoms with Crippen LogP contribution in [0, 0.1) is 0 Å². The molecule has 3 aromatic heterocycles. The number of fused-ring (bicyclic) bond motifs is 2. The molecule has 5 aromatic rings. The van der Waals surface area contributed by atoms with Crippen LogP contribution in [0.25, 0.3) is 33.3 Å². The molecule has 0 atom stereocenters. The summed E-state index contributed by atoms with van der Waals surface area (Å²) in [6.07, 6.45) is 3.33. The molecule has 0 spiro atoms. The Morgan fingerprint density at radius 2 is 1.52 bits per heavy atom. The van der Waals surface area contributed by atoms with Crippen molar-refractivity contribution in [2.45, 2.75) is 16.7 Å². The Morgan fingerprint density at radius 3 is 2.31 bits per heavy atom. The van der Waals surface area contributed by atoms with Crippen LogP contribution in [0.5, 0.6) is 0 Å². The van der Waals surface area contributed by atoms with E-state index in [0.29, 0.717) is 21.9 Å².